The van der Waals surface area contributed by atoms with Crippen molar-refractivity contribution in [3.63, 3.8) is 0 Å². The van der Waals surface area contributed by atoms with Crippen LogP contribution in [0.3, 0.4) is 0 Å². The van der Waals surface area contributed by atoms with Crippen LogP contribution in [-0.2, 0) is 41.8 Å². The highest BCUT2D eigenvalue weighted by atomic mass is 31.2. The summed E-state index contributed by atoms with van der Waals surface area (Å²) in [4.78, 5) is 54.3. The Kier molecular flexibility index (Phi) is 35.4. The summed E-state index contributed by atoms with van der Waals surface area (Å²) in [5.41, 5.74) is 0. The van der Waals surface area contributed by atoms with Gasteiger partial charge in [-0.25, -0.2) is 9.13 Å². The number of aliphatic hydroxyl groups is 5. The Labute approximate surface area is 402 Å². The lowest BCUT2D eigenvalue weighted by atomic mass is 9.85. The zero-order valence-electron chi connectivity index (χ0n) is 39.6. The number of esters is 2. The van der Waals surface area contributed by atoms with Crippen molar-refractivity contribution >= 4 is 27.6 Å². The lowest BCUT2D eigenvalue weighted by molar-refractivity contribution is -0.216. The maximum absolute atomic E-state index is 13.0. The van der Waals surface area contributed by atoms with Crippen LogP contribution in [0.1, 0.15) is 123 Å². The lowest BCUT2D eigenvalue weighted by Gasteiger charge is -2.43. The van der Waals surface area contributed by atoms with Gasteiger partial charge in [0.2, 0.25) is 0 Å². The predicted octanol–water partition coefficient (Wildman–Crippen LogP) is 7.92. The first-order valence-electron chi connectivity index (χ1n) is 23.5. The second-order valence-corrected chi connectivity index (χ2v) is 18.5. The van der Waals surface area contributed by atoms with Gasteiger partial charge in [-0.2, -0.15) is 0 Å². The molecule has 6 unspecified atom stereocenters. The third-order valence-electron chi connectivity index (χ3n) is 9.92. The number of carbonyl (C=O) groups is 2. The molecule has 1 aliphatic carbocycles. The summed E-state index contributed by atoms with van der Waals surface area (Å²) in [7, 11) is -10.7. The number of aliphatic hydroxyl groups excluding tert-OH is 5. The van der Waals surface area contributed by atoms with E-state index in [0.29, 0.717) is 32.1 Å². The Morgan fingerprint density at radius 2 is 1.04 bits per heavy atom. The normalized spacial score (nSPS) is 22.7. The van der Waals surface area contributed by atoms with E-state index in [1.807, 2.05) is 61.6 Å². The van der Waals surface area contributed by atoms with Crippen LogP contribution in [0.2, 0.25) is 0 Å². The van der Waals surface area contributed by atoms with Crippen LogP contribution in [0.5, 0.6) is 0 Å². The molecule has 9 atom stereocenters. The molecule has 1 aliphatic rings. The van der Waals surface area contributed by atoms with Crippen molar-refractivity contribution in [2.24, 2.45) is 0 Å². The molecular formula is C49H78O17P2. The van der Waals surface area contributed by atoms with Gasteiger partial charge in [0.1, 0.15) is 43.2 Å². The molecule has 68 heavy (non-hydrogen) atoms. The molecular weight excluding hydrogens is 922 g/mol. The fraction of sp³-hybridized carbons (Fsp3) is 0.592. The van der Waals surface area contributed by atoms with Crippen LogP contribution in [0.15, 0.2) is 109 Å². The topological polar surface area (TPSA) is 276 Å². The van der Waals surface area contributed by atoms with E-state index in [4.69, 9.17) is 18.5 Å². The Morgan fingerprint density at radius 3 is 1.63 bits per heavy atom. The Balaban J connectivity index is 2.67. The van der Waals surface area contributed by atoms with Crippen LogP contribution in [0, 0.1) is 0 Å². The van der Waals surface area contributed by atoms with Gasteiger partial charge < -0.3 is 49.7 Å². The van der Waals surface area contributed by atoms with Gasteiger partial charge >= 0.3 is 27.6 Å². The highest BCUT2D eigenvalue weighted by Gasteiger charge is 2.54. The third-order valence-corrected chi connectivity index (χ3v) is 11.4. The largest absolute Gasteiger partial charge is 0.472 e. The Bertz CT molecular complexity index is 1750. The van der Waals surface area contributed by atoms with Gasteiger partial charge in [-0.05, 0) is 83.5 Å². The maximum Gasteiger partial charge on any atom is 0.472 e. The van der Waals surface area contributed by atoms with E-state index in [1.54, 1.807) is 6.08 Å². The summed E-state index contributed by atoms with van der Waals surface area (Å²) in [5.74, 6) is -1.34. The first kappa shape index (κ1) is 62.6. The summed E-state index contributed by atoms with van der Waals surface area (Å²) in [6, 6.07) is 0. The summed E-state index contributed by atoms with van der Waals surface area (Å²) in [5, 5.41) is 51.0. The minimum atomic E-state index is -5.38. The highest BCUT2D eigenvalue weighted by Crippen LogP contribution is 2.49. The zero-order chi connectivity index (χ0) is 50.5. The van der Waals surface area contributed by atoms with E-state index in [2.05, 4.69) is 60.1 Å². The molecule has 0 spiro atoms. The van der Waals surface area contributed by atoms with Gasteiger partial charge in [-0.3, -0.25) is 23.2 Å². The van der Waals surface area contributed by atoms with Gasteiger partial charge in [0, 0.05) is 12.8 Å². The average Bonchev–Trinajstić information content (AvgIpc) is 3.29. The fourth-order valence-corrected chi connectivity index (χ4v) is 7.85. The van der Waals surface area contributed by atoms with Gasteiger partial charge in [0.25, 0.3) is 0 Å². The number of hydrogen-bond donors (Lipinski definition) is 8. The van der Waals surface area contributed by atoms with Crippen molar-refractivity contribution in [3.8, 4) is 0 Å². The highest BCUT2D eigenvalue weighted by molar-refractivity contribution is 7.47. The van der Waals surface area contributed by atoms with Crippen LogP contribution in [-0.4, -0.2) is 114 Å². The molecule has 0 aromatic rings. The van der Waals surface area contributed by atoms with E-state index in [1.165, 1.54) is 0 Å². The number of allylic oxidation sites excluding steroid dienone is 16. The molecule has 386 valence electrons. The van der Waals surface area contributed by atoms with Gasteiger partial charge in [0.15, 0.2) is 6.10 Å². The van der Waals surface area contributed by atoms with Crippen LogP contribution in [0.4, 0.5) is 0 Å². The quantitative estimate of drug-likeness (QED) is 0.00965. The molecule has 0 aromatic carbocycles. The van der Waals surface area contributed by atoms with Crippen LogP contribution >= 0.6 is 15.6 Å². The molecule has 0 amide bonds. The molecule has 1 fully saturated rings. The number of ether oxygens (including phenoxy) is 2. The number of hydrogen-bond acceptors (Lipinski definition) is 14. The van der Waals surface area contributed by atoms with Gasteiger partial charge in [0.05, 0.1) is 12.7 Å². The molecule has 8 N–H and O–H groups in total. The van der Waals surface area contributed by atoms with Crippen molar-refractivity contribution in [3.05, 3.63) is 109 Å². The van der Waals surface area contributed by atoms with Gasteiger partial charge in [-0.1, -0.05) is 136 Å². The van der Waals surface area contributed by atoms with E-state index in [-0.39, 0.29) is 12.8 Å². The first-order valence-corrected chi connectivity index (χ1v) is 26.6. The lowest BCUT2D eigenvalue weighted by Crippen LogP contribution is -2.64. The molecule has 1 rings (SSSR count). The molecule has 17 nitrogen and oxygen atoms in total. The number of phosphoric ester groups is 2. The standard InChI is InChI=1S/C49H78O17P2/c1-3-5-7-8-9-10-11-12-13-14-15-16-21-24-27-30-33-37-43(52)64-41(39-63-68(60,61)66-49-46(55)44(53)45(54)48(47(49)56)65-67(57,58)59)38-62-42(51)36-32-29-26-23-20-18-17-19-22-25-28-31-35-40(50)34-6-4-2/h5-7,9-10,12-13,15-18,22-23,25-26,28,31,34,40-41,44-50,53-56H,3-4,8,11,14,19-21,24,27,29-30,32-33,35-39H2,1-2H3,(H,60,61)(H2,57,58,59)/b7-5-,10-9-,13-12-,16-15-,18-17-,25-22-,26-23-,31-28+,34-6-/t40?,41-,44?,45?,46?,47?,48-,49+/m1/s1. The van der Waals surface area contributed by atoms with Crippen molar-refractivity contribution in [2.45, 2.75) is 172 Å². The van der Waals surface area contributed by atoms with Crippen LogP contribution < -0.4 is 0 Å². The Morgan fingerprint density at radius 1 is 0.544 bits per heavy atom. The maximum atomic E-state index is 13.0. The number of phosphoric acid groups is 2. The minimum Gasteiger partial charge on any atom is -0.462 e. The van der Waals surface area contributed by atoms with Crippen molar-refractivity contribution in [1.29, 1.82) is 0 Å². The van der Waals surface area contributed by atoms with Crippen LogP contribution in [0.25, 0.3) is 0 Å². The van der Waals surface area contributed by atoms with Crippen molar-refractivity contribution < 1.29 is 82.0 Å². The smallest absolute Gasteiger partial charge is 0.462 e. The molecule has 19 heteroatoms. The van der Waals surface area contributed by atoms with Gasteiger partial charge in [-0.15, -0.1) is 0 Å². The average molecular weight is 1000 g/mol. The second-order valence-electron chi connectivity index (χ2n) is 15.9. The monoisotopic (exact) mass is 1000 g/mol. The molecule has 0 aliphatic heterocycles. The molecule has 0 saturated heterocycles. The number of carbonyl (C=O) groups excluding carboxylic acids is 2. The molecule has 1 saturated carbocycles. The first-order chi connectivity index (χ1) is 32.5. The molecule has 0 bridgehead atoms. The SMILES string of the molecule is CC/C=C\C/C=C\C/C=C\C/C=C\CCCCCCC(=O)O[C@H](COC(=O)CCC/C=C\C/C=C\C/C=C\C=C\CC(O)/C=C\CC)COP(=O)(O)O[C@H]1C(O)C(O)C(O)[C@@H](OP(=O)(O)O)C1O. The fourth-order valence-electron chi connectivity index (χ4n) is 6.31. The third kappa shape index (κ3) is 32.4. The Hall–Kier alpha value is -3.38. The number of rotatable bonds is 37. The summed E-state index contributed by atoms with van der Waals surface area (Å²) < 4.78 is 49.3. The minimum absolute atomic E-state index is 0.0118. The predicted molar refractivity (Wildman–Crippen MR) is 261 cm³/mol. The van der Waals surface area contributed by atoms with Crippen molar-refractivity contribution in [1.82, 2.24) is 0 Å². The van der Waals surface area contributed by atoms with E-state index >= 15 is 0 Å². The molecule has 0 aromatic heterocycles. The molecule has 0 radical (unpaired) electrons. The van der Waals surface area contributed by atoms with E-state index in [9.17, 15) is 58.9 Å². The number of unbranched alkanes of at least 4 members (excludes halogenated alkanes) is 5. The van der Waals surface area contributed by atoms with E-state index in [0.717, 1.165) is 64.2 Å². The summed E-state index contributed by atoms with van der Waals surface area (Å²) in [6.45, 7) is 2.67. The second kappa shape index (κ2) is 38.4. The summed E-state index contributed by atoms with van der Waals surface area (Å²) in [6.07, 6.45) is 32.4. The molecule has 0 heterocycles. The van der Waals surface area contributed by atoms with Crippen molar-refractivity contribution in [2.75, 3.05) is 13.2 Å². The van der Waals surface area contributed by atoms with E-state index < -0.39 is 89.6 Å². The zero-order valence-corrected chi connectivity index (χ0v) is 41.4. The summed E-state index contributed by atoms with van der Waals surface area (Å²) >= 11 is 0.